The van der Waals surface area contributed by atoms with Crippen molar-refractivity contribution in [2.24, 2.45) is 4.99 Å². The fourth-order valence-electron chi connectivity index (χ4n) is 2.40. The molecule has 0 aliphatic heterocycles. The van der Waals surface area contributed by atoms with Gasteiger partial charge in [0.05, 0.1) is 13.7 Å². The molecule has 2 rings (SSSR count). The molecule has 0 aliphatic carbocycles. The Morgan fingerprint density at radius 2 is 1.88 bits per heavy atom. The lowest BCUT2D eigenvalue weighted by Crippen LogP contribution is -2.38. The maximum Gasteiger partial charge on any atom is 0.191 e. The molecule has 3 N–H and O–H groups in total. The zero-order valence-electron chi connectivity index (χ0n) is 15.2. The van der Waals surface area contributed by atoms with Gasteiger partial charge in [-0.2, -0.15) is 0 Å². The zero-order chi connectivity index (χ0) is 18.1. The van der Waals surface area contributed by atoms with E-state index >= 15 is 0 Å². The largest absolute Gasteiger partial charge is 0.508 e. The van der Waals surface area contributed by atoms with Crippen LogP contribution in [0.4, 0.5) is 0 Å². The molecular formula is C20H27N3O2. The number of rotatable bonds is 7. The van der Waals surface area contributed by atoms with Gasteiger partial charge in [0.2, 0.25) is 0 Å². The Hall–Kier alpha value is -2.69. The van der Waals surface area contributed by atoms with E-state index in [-0.39, 0.29) is 5.75 Å². The van der Waals surface area contributed by atoms with Crippen molar-refractivity contribution in [1.82, 2.24) is 10.6 Å². The van der Waals surface area contributed by atoms with Crippen LogP contribution in [-0.4, -0.2) is 31.3 Å². The molecule has 0 aromatic heterocycles. The van der Waals surface area contributed by atoms with Crippen LogP contribution in [0.3, 0.4) is 0 Å². The first-order valence-electron chi connectivity index (χ1n) is 8.56. The van der Waals surface area contributed by atoms with Crippen molar-refractivity contribution < 1.29 is 9.84 Å². The van der Waals surface area contributed by atoms with Gasteiger partial charge in [0.25, 0.3) is 0 Å². The lowest BCUT2D eigenvalue weighted by Gasteiger charge is -2.12. The minimum absolute atomic E-state index is 0.253. The summed E-state index contributed by atoms with van der Waals surface area (Å²) in [6.07, 6.45) is 0.699. The van der Waals surface area contributed by atoms with Crippen LogP contribution in [0.5, 0.6) is 11.5 Å². The quantitative estimate of drug-likeness (QED) is 0.535. The van der Waals surface area contributed by atoms with Gasteiger partial charge in [0.15, 0.2) is 5.96 Å². The molecule has 0 bridgehead atoms. The van der Waals surface area contributed by atoms with Crippen molar-refractivity contribution in [3.05, 3.63) is 59.2 Å². The summed E-state index contributed by atoms with van der Waals surface area (Å²) in [5, 5.41) is 16.6. The van der Waals surface area contributed by atoms with Crippen LogP contribution in [0.2, 0.25) is 0 Å². The van der Waals surface area contributed by atoms with E-state index in [4.69, 9.17) is 4.74 Å². The van der Waals surface area contributed by atoms with E-state index < -0.39 is 0 Å². The number of hydrogen-bond acceptors (Lipinski definition) is 3. The Bertz CT molecular complexity index is 697. The molecule has 0 atom stereocenters. The van der Waals surface area contributed by atoms with E-state index in [1.54, 1.807) is 13.2 Å². The summed E-state index contributed by atoms with van der Waals surface area (Å²) in [6.45, 7) is 6.22. The van der Waals surface area contributed by atoms with Gasteiger partial charge in [-0.15, -0.1) is 0 Å². The summed E-state index contributed by atoms with van der Waals surface area (Å²) < 4.78 is 5.10. The molecule has 0 radical (unpaired) electrons. The molecule has 25 heavy (non-hydrogen) atoms. The second-order valence-corrected chi connectivity index (χ2v) is 5.85. The zero-order valence-corrected chi connectivity index (χ0v) is 15.2. The molecule has 2 aromatic carbocycles. The highest BCUT2D eigenvalue weighted by atomic mass is 16.5. The highest BCUT2D eigenvalue weighted by Crippen LogP contribution is 2.23. The maximum absolute atomic E-state index is 10.0. The monoisotopic (exact) mass is 341 g/mol. The van der Waals surface area contributed by atoms with E-state index in [9.17, 15) is 5.11 Å². The highest BCUT2D eigenvalue weighted by Gasteiger charge is 2.04. The lowest BCUT2D eigenvalue weighted by atomic mass is 10.1. The molecule has 0 heterocycles. The number of aryl methyl sites for hydroxylation is 1. The average Bonchev–Trinajstić information content (AvgIpc) is 2.62. The first kappa shape index (κ1) is 18.6. The molecule has 0 aliphatic rings. The summed E-state index contributed by atoms with van der Waals surface area (Å²) in [5.41, 5.74) is 3.30. The van der Waals surface area contributed by atoms with Gasteiger partial charge >= 0.3 is 0 Å². The fourth-order valence-corrected chi connectivity index (χ4v) is 2.40. The second kappa shape index (κ2) is 9.57. The Balaban J connectivity index is 1.90. The molecule has 134 valence electrons. The van der Waals surface area contributed by atoms with Crippen LogP contribution in [0.25, 0.3) is 0 Å². The Kier molecular flexibility index (Phi) is 7.14. The van der Waals surface area contributed by atoms with Gasteiger partial charge in [-0.3, -0.25) is 0 Å². The van der Waals surface area contributed by atoms with Gasteiger partial charge < -0.3 is 20.5 Å². The summed E-state index contributed by atoms with van der Waals surface area (Å²) in [5.74, 6) is 1.68. The SMILES string of the molecule is CCNC(=NCc1ccc(C)cc1)NCCc1ccc(OC)cc1O. The molecule has 0 spiro atoms. The normalized spacial score (nSPS) is 11.2. The van der Waals surface area contributed by atoms with Crippen molar-refractivity contribution in [2.45, 2.75) is 26.8 Å². The number of nitrogens with zero attached hydrogens (tertiary/aromatic N) is 1. The van der Waals surface area contributed by atoms with Crippen LogP contribution in [0.1, 0.15) is 23.6 Å². The molecule has 5 nitrogen and oxygen atoms in total. The Morgan fingerprint density at radius 3 is 2.52 bits per heavy atom. The van der Waals surface area contributed by atoms with Gasteiger partial charge in [0.1, 0.15) is 11.5 Å². The fraction of sp³-hybridized carbons (Fsp3) is 0.350. The molecule has 0 saturated heterocycles. The molecule has 2 aromatic rings. The van der Waals surface area contributed by atoms with E-state index in [0.29, 0.717) is 25.3 Å². The first-order valence-corrected chi connectivity index (χ1v) is 8.56. The van der Waals surface area contributed by atoms with Crippen molar-refractivity contribution in [2.75, 3.05) is 20.2 Å². The topological polar surface area (TPSA) is 65.9 Å². The van der Waals surface area contributed by atoms with E-state index in [1.807, 2.05) is 19.1 Å². The third-order valence-electron chi connectivity index (χ3n) is 3.86. The number of nitrogens with one attached hydrogen (secondary N) is 2. The maximum atomic E-state index is 10.0. The number of ether oxygens (including phenoxy) is 1. The molecule has 0 saturated carbocycles. The number of aliphatic imine (C=N–C) groups is 1. The van der Waals surface area contributed by atoms with Crippen LogP contribution in [-0.2, 0) is 13.0 Å². The Labute approximate surface area is 149 Å². The van der Waals surface area contributed by atoms with Crippen molar-refractivity contribution >= 4 is 5.96 Å². The summed E-state index contributed by atoms with van der Waals surface area (Å²) >= 11 is 0. The summed E-state index contributed by atoms with van der Waals surface area (Å²) in [7, 11) is 1.59. The number of phenolic OH excluding ortho intramolecular Hbond substituents is 1. The summed E-state index contributed by atoms with van der Waals surface area (Å²) in [4.78, 5) is 4.61. The lowest BCUT2D eigenvalue weighted by molar-refractivity contribution is 0.406. The van der Waals surface area contributed by atoms with E-state index in [1.165, 1.54) is 11.1 Å². The van der Waals surface area contributed by atoms with E-state index in [2.05, 4.69) is 46.8 Å². The number of methoxy groups -OCH3 is 1. The number of benzene rings is 2. The predicted molar refractivity (Wildman–Crippen MR) is 102 cm³/mol. The molecule has 0 fully saturated rings. The van der Waals surface area contributed by atoms with Crippen LogP contribution < -0.4 is 15.4 Å². The second-order valence-electron chi connectivity index (χ2n) is 5.85. The number of guanidine groups is 1. The number of phenols is 1. The average molecular weight is 341 g/mol. The van der Waals surface area contributed by atoms with Crippen LogP contribution >= 0.6 is 0 Å². The number of aromatic hydroxyl groups is 1. The summed E-state index contributed by atoms with van der Waals surface area (Å²) in [6, 6.07) is 13.7. The van der Waals surface area contributed by atoms with Crippen LogP contribution in [0, 0.1) is 6.92 Å². The minimum Gasteiger partial charge on any atom is -0.508 e. The van der Waals surface area contributed by atoms with Gasteiger partial charge in [-0.25, -0.2) is 4.99 Å². The molecule has 5 heteroatoms. The van der Waals surface area contributed by atoms with Crippen molar-refractivity contribution in [3.63, 3.8) is 0 Å². The predicted octanol–water partition coefficient (Wildman–Crippen LogP) is 3.01. The van der Waals surface area contributed by atoms with Crippen molar-refractivity contribution in [3.8, 4) is 11.5 Å². The van der Waals surface area contributed by atoms with E-state index in [0.717, 1.165) is 18.1 Å². The standard InChI is InChI=1S/C20H27N3O2/c1-4-21-20(23-14-16-7-5-15(2)6-8-16)22-12-11-17-9-10-18(25-3)13-19(17)24/h5-10,13,24H,4,11-12,14H2,1-3H3,(H2,21,22,23). The third kappa shape index (κ3) is 6.03. The van der Waals surface area contributed by atoms with Crippen LogP contribution in [0.15, 0.2) is 47.5 Å². The minimum atomic E-state index is 0.253. The van der Waals surface area contributed by atoms with Gasteiger partial charge in [-0.1, -0.05) is 35.9 Å². The van der Waals surface area contributed by atoms with Crippen molar-refractivity contribution in [1.29, 1.82) is 0 Å². The smallest absolute Gasteiger partial charge is 0.191 e. The number of hydrogen-bond donors (Lipinski definition) is 3. The molecule has 0 unspecified atom stereocenters. The molecular weight excluding hydrogens is 314 g/mol. The highest BCUT2D eigenvalue weighted by molar-refractivity contribution is 5.79. The molecule has 0 amide bonds. The third-order valence-corrected chi connectivity index (χ3v) is 3.86. The van der Waals surface area contributed by atoms with Gasteiger partial charge in [0, 0.05) is 19.2 Å². The first-order chi connectivity index (χ1) is 12.1. The Morgan fingerprint density at radius 1 is 1.12 bits per heavy atom. The van der Waals surface area contributed by atoms with Gasteiger partial charge in [-0.05, 0) is 37.5 Å².